The van der Waals surface area contributed by atoms with Gasteiger partial charge in [0.15, 0.2) is 0 Å². The number of hydrogen-bond acceptors (Lipinski definition) is 3. The van der Waals surface area contributed by atoms with Crippen LogP contribution in [0.25, 0.3) is 0 Å². The first-order valence-electron chi connectivity index (χ1n) is 5.78. The fraction of sp³-hybridized carbons (Fsp3) is 0.462. The van der Waals surface area contributed by atoms with Gasteiger partial charge in [-0.15, -0.1) is 0 Å². The topological polar surface area (TPSA) is 44.5 Å². The standard InChI is InChI=1S/C13H19NO2S/c1-2-6-15-7-8-16-10-11-4-3-5-12(9-11)13(14)17/h3-5,9H,2,6-8,10H2,1H3,(H2,14,17). The largest absolute Gasteiger partial charge is 0.389 e. The number of ether oxygens (including phenoxy) is 2. The van der Waals surface area contributed by atoms with Crippen LogP contribution in [-0.2, 0) is 16.1 Å². The Kier molecular flexibility index (Phi) is 6.77. The molecule has 1 aromatic carbocycles. The number of hydrogen-bond donors (Lipinski definition) is 1. The molecule has 0 aliphatic rings. The fourth-order valence-electron chi connectivity index (χ4n) is 1.37. The van der Waals surface area contributed by atoms with Crippen molar-refractivity contribution in [2.24, 2.45) is 5.73 Å². The van der Waals surface area contributed by atoms with E-state index in [0.717, 1.165) is 24.2 Å². The molecule has 4 heteroatoms. The maximum atomic E-state index is 5.56. The predicted octanol–water partition coefficient (Wildman–Crippen LogP) is 2.26. The summed E-state index contributed by atoms with van der Waals surface area (Å²) < 4.78 is 10.8. The summed E-state index contributed by atoms with van der Waals surface area (Å²) in [5.74, 6) is 0. The molecule has 1 rings (SSSR count). The molecule has 0 aliphatic carbocycles. The Morgan fingerprint density at radius 3 is 2.71 bits per heavy atom. The van der Waals surface area contributed by atoms with E-state index in [1.807, 2.05) is 24.3 Å². The molecule has 0 atom stereocenters. The molecule has 0 unspecified atom stereocenters. The smallest absolute Gasteiger partial charge is 0.103 e. The zero-order valence-electron chi connectivity index (χ0n) is 10.1. The van der Waals surface area contributed by atoms with Crippen molar-refractivity contribution in [3.63, 3.8) is 0 Å². The van der Waals surface area contributed by atoms with Crippen molar-refractivity contribution in [2.75, 3.05) is 19.8 Å². The highest BCUT2D eigenvalue weighted by molar-refractivity contribution is 7.80. The van der Waals surface area contributed by atoms with E-state index in [1.165, 1.54) is 0 Å². The lowest BCUT2D eigenvalue weighted by Gasteiger charge is -2.06. The molecule has 94 valence electrons. The van der Waals surface area contributed by atoms with Gasteiger partial charge in [0, 0.05) is 12.2 Å². The van der Waals surface area contributed by atoms with Crippen LogP contribution in [0.3, 0.4) is 0 Å². The predicted molar refractivity (Wildman–Crippen MR) is 73.1 cm³/mol. The van der Waals surface area contributed by atoms with Gasteiger partial charge in [0.25, 0.3) is 0 Å². The summed E-state index contributed by atoms with van der Waals surface area (Å²) in [7, 11) is 0. The van der Waals surface area contributed by atoms with Crippen LogP contribution in [0.2, 0.25) is 0 Å². The van der Waals surface area contributed by atoms with Crippen LogP contribution in [0.4, 0.5) is 0 Å². The molecule has 0 saturated heterocycles. The summed E-state index contributed by atoms with van der Waals surface area (Å²) in [5.41, 5.74) is 7.52. The summed E-state index contributed by atoms with van der Waals surface area (Å²) in [5, 5.41) is 0. The molecule has 0 bridgehead atoms. The van der Waals surface area contributed by atoms with Crippen LogP contribution in [0.1, 0.15) is 24.5 Å². The van der Waals surface area contributed by atoms with Crippen molar-refractivity contribution in [3.8, 4) is 0 Å². The average molecular weight is 253 g/mol. The van der Waals surface area contributed by atoms with E-state index in [2.05, 4.69) is 6.92 Å². The SMILES string of the molecule is CCCOCCOCc1cccc(C(N)=S)c1. The number of benzene rings is 1. The normalized spacial score (nSPS) is 10.4. The van der Waals surface area contributed by atoms with Gasteiger partial charge in [-0.1, -0.05) is 37.3 Å². The van der Waals surface area contributed by atoms with Crippen molar-refractivity contribution in [2.45, 2.75) is 20.0 Å². The molecule has 3 nitrogen and oxygen atoms in total. The van der Waals surface area contributed by atoms with Gasteiger partial charge in [0.1, 0.15) is 4.99 Å². The molecule has 17 heavy (non-hydrogen) atoms. The first-order chi connectivity index (χ1) is 8.24. The summed E-state index contributed by atoms with van der Waals surface area (Å²) in [6.07, 6.45) is 1.04. The highest BCUT2D eigenvalue weighted by Gasteiger charge is 1.98. The van der Waals surface area contributed by atoms with Gasteiger partial charge in [-0.2, -0.15) is 0 Å². The molecule has 0 radical (unpaired) electrons. The average Bonchev–Trinajstić information content (AvgIpc) is 2.34. The lowest BCUT2D eigenvalue weighted by Crippen LogP contribution is -2.10. The Hall–Kier alpha value is -0.970. The van der Waals surface area contributed by atoms with Gasteiger partial charge in [-0.3, -0.25) is 0 Å². The van der Waals surface area contributed by atoms with Crippen LogP contribution < -0.4 is 5.73 Å². The van der Waals surface area contributed by atoms with E-state index < -0.39 is 0 Å². The minimum absolute atomic E-state index is 0.415. The van der Waals surface area contributed by atoms with Gasteiger partial charge in [-0.05, 0) is 18.1 Å². The zero-order chi connectivity index (χ0) is 12.5. The highest BCUT2D eigenvalue weighted by atomic mass is 32.1. The lowest BCUT2D eigenvalue weighted by molar-refractivity contribution is 0.0408. The minimum atomic E-state index is 0.415. The molecule has 2 N–H and O–H groups in total. The number of thiocarbonyl (C=S) groups is 1. The van der Waals surface area contributed by atoms with Crippen molar-refractivity contribution >= 4 is 17.2 Å². The first-order valence-corrected chi connectivity index (χ1v) is 6.19. The Labute approximate surface area is 108 Å². The molecule has 0 aliphatic heterocycles. The summed E-state index contributed by atoms with van der Waals surface area (Å²) >= 11 is 4.92. The molecule has 0 amide bonds. The molecule has 0 spiro atoms. The summed E-state index contributed by atoms with van der Waals surface area (Å²) in [4.78, 5) is 0.415. The summed E-state index contributed by atoms with van der Waals surface area (Å²) in [6, 6.07) is 7.78. The van der Waals surface area contributed by atoms with Gasteiger partial charge >= 0.3 is 0 Å². The van der Waals surface area contributed by atoms with Crippen LogP contribution in [0.15, 0.2) is 24.3 Å². The molecule has 0 saturated carbocycles. The van der Waals surface area contributed by atoms with Crippen LogP contribution in [-0.4, -0.2) is 24.8 Å². The minimum Gasteiger partial charge on any atom is -0.389 e. The Morgan fingerprint density at radius 2 is 2.00 bits per heavy atom. The molecular formula is C13H19NO2S. The highest BCUT2D eigenvalue weighted by Crippen LogP contribution is 2.06. The van der Waals surface area contributed by atoms with Crippen molar-refractivity contribution in [1.29, 1.82) is 0 Å². The second-order valence-corrected chi connectivity index (χ2v) is 4.17. The van der Waals surface area contributed by atoms with E-state index in [4.69, 9.17) is 27.4 Å². The number of rotatable bonds is 8. The third-order valence-corrected chi connectivity index (χ3v) is 2.44. The molecule has 0 fully saturated rings. The van der Waals surface area contributed by atoms with Gasteiger partial charge in [0.05, 0.1) is 19.8 Å². The van der Waals surface area contributed by atoms with Crippen molar-refractivity contribution < 1.29 is 9.47 Å². The van der Waals surface area contributed by atoms with E-state index in [1.54, 1.807) is 0 Å². The van der Waals surface area contributed by atoms with E-state index in [0.29, 0.717) is 24.8 Å². The third kappa shape index (κ3) is 5.77. The van der Waals surface area contributed by atoms with E-state index in [-0.39, 0.29) is 0 Å². The van der Waals surface area contributed by atoms with Crippen LogP contribution in [0.5, 0.6) is 0 Å². The van der Waals surface area contributed by atoms with E-state index >= 15 is 0 Å². The van der Waals surface area contributed by atoms with Crippen molar-refractivity contribution in [1.82, 2.24) is 0 Å². The van der Waals surface area contributed by atoms with Crippen molar-refractivity contribution in [3.05, 3.63) is 35.4 Å². The second-order valence-electron chi connectivity index (χ2n) is 3.73. The summed E-state index contributed by atoms with van der Waals surface area (Å²) in [6.45, 7) is 4.69. The third-order valence-electron chi connectivity index (χ3n) is 2.20. The first kappa shape index (κ1) is 14.1. The zero-order valence-corrected chi connectivity index (χ0v) is 11.0. The number of nitrogens with two attached hydrogens (primary N) is 1. The van der Waals surface area contributed by atoms with Gasteiger partial charge in [-0.25, -0.2) is 0 Å². The molecule has 0 heterocycles. The van der Waals surface area contributed by atoms with Gasteiger partial charge in [0.2, 0.25) is 0 Å². The quantitative estimate of drug-likeness (QED) is 0.570. The fourth-order valence-corrected chi connectivity index (χ4v) is 1.50. The molecular weight excluding hydrogens is 234 g/mol. The lowest BCUT2D eigenvalue weighted by atomic mass is 10.1. The monoisotopic (exact) mass is 253 g/mol. The molecule has 0 aromatic heterocycles. The maximum Gasteiger partial charge on any atom is 0.103 e. The maximum absolute atomic E-state index is 5.56. The molecule has 1 aromatic rings. The van der Waals surface area contributed by atoms with E-state index in [9.17, 15) is 0 Å². The van der Waals surface area contributed by atoms with Crippen LogP contribution in [0, 0.1) is 0 Å². The Morgan fingerprint density at radius 1 is 1.24 bits per heavy atom. The van der Waals surface area contributed by atoms with Gasteiger partial charge < -0.3 is 15.2 Å². The second kappa shape index (κ2) is 8.17. The van der Waals surface area contributed by atoms with Crippen LogP contribution >= 0.6 is 12.2 Å². The Balaban J connectivity index is 2.27. The Bertz CT molecular complexity index is 355.